The fraction of sp³-hybridized carbons (Fsp3) is 0.400. The van der Waals surface area contributed by atoms with E-state index in [1.807, 2.05) is 24.0 Å². The quantitative estimate of drug-likeness (QED) is 0.863. The van der Waals surface area contributed by atoms with Crippen LogP contribution in [0.2, 0.25) is 0 Å². The van der Waals surface area contributed by atoms with E-state index in [1.165, 1.54) is 0 Å². The highest BCUT2D eigenvalue weighted by Gasteiger charge is 2.06. The molecule has 0 saturated carbocycles. The van der Waals surface area contributed by atoms with Crippen LogP contribution in [-0.2, 0) is 7.05 Å². The van der Waals surface area contributed by atoms with Crippen LogP contribution < -0.4 is 5.32 Å². The third-order valence-electron chi connectivity index (χ3n) is 2.11. The predicted molar refractivity (Wildman–Crippen MR) is 63.1 cm³/mol. The lowest BCUT2D eigenvalue weighted by molar-refractivity contribution is 0.777. The molecule has 0 bridgehead atoms. The summed E-state index contributed by atoms with van der Waals surface area (Å²) in [6.45, 7) is 3.11. The van der Waals surface area contributed by atoms with Crippen LogP contribution in [0, 0.1) is 0 Å². The highest BCUT2D eigenvalue weighted by Crippen LogP contribution is 2.27. The van der Waals surface area contributed by atoms with Gasteiger partial charge in [-0.05, 0) is 12.5 Å². The number of hydrogen-bond acceptors (Lipinski definition) is 4. The van der Waals surface area contributed by atoms with E-state index >= 15 is 0 Å². The zero-order valence-electron chi connectivity index (χ0n) is 8.90. The molecule has 0 aromatic carbocycles. The molecule has 0 fully saturated rings. The molecule has 0 unspecified atom stereocenters. The Morgan fingerprint density at radius 3 is 3.07 bits per heavy atom. The summed E-state index contributed by atoms with van der Waals surface area (Å²) < 4.78 is 1.86. The predicted octanol–water partition coefficient (Wildman–Crippen LogP) is 2.37. The smallest absolute Gasteiger partial charge is 0.183 e. The minimum Gasteiger partial charge on any atom is -0.362 e. The second kappa shape index (κ2) is 4.44. The van der Waals surface area contributed by atoms with E-state index in [0.29, 0.717) is 0 Å². The summed E-state index contributed by atoms with van der Waals surface area (Å²) in [6.07, 6.45) is 4.80. The van der Waals surface area contributed by atoms with Gasteiger partial charge in [0.25, 0.3) is 0 Å². The molecule has 0 aliphatic carbocycles. The van der Waals surface area contributed by atoms with Gasteiger partial charge in [-0.15, -0.1) is 0 Å². The Morgan fingerprint density at radius 2 is 2.40 bits per heavy atom. The van der Waals surface area contributed by atoms with Gasteiger partial charge in [0.2, 0.25) is 0 Å². The van der Waals surface area contributed by atoms with Crippen molar-refractivity contribution in [2.75, 3.05) is 11.9 Å². The summed E-state index contributed by atoms with van der Waals surface area (Å²) in [5.74, 6) is 0. The van der Waals surface area contributed by atoms with Gasteiger partial charge >= 0.3 is 0 Å². The first-order chi connectivity index (χ1) is 7.31. The molecule has 2 aromatic heterocycles. The lowest BCUT2D eigenvalue weighted by Gasteiger charge is -1.97. The Bertz CT molecular complexity index is 432. The molecule has 80 valence electrons. The van der Waals surface area contributed by atoms with Gasteiger partial charge in [-0.25, -0.2) is 4.98 Å². The highest BCUT2D eigenvalue weighted by molar-refractivity contribution is 7.18. The fourth-order valence-corrected chi connectivity index (χ4v) is 2.22. The molecule has 0 radical (unpaired) electrons. The largest absolute Gasteiger partial charge is 0.362 e. The van der Waals surface area contributed by atoms with E-state index in [9.17, 15) is 0 Å². The molecule has 1 N–H and O–H groups in total. The molecule has 0 aliphatic rings. The van der Waals surface area contributed by atoms with Crippen molar-refractivity contribution in [2.45, 2.75) is 13.3 Å². The van der Waals surface area contributed by atoms with Gasteiger partial charge < -0.3 is 5.32 Å². The van der Waals surface area contributed by atoms with E-state index in [4.69, 9.17) is 0 Å². The van der Waals surface area contributed by atoms with E-state index < -0.39 is 0 Å². The van der Waals surface area contributed by atoms with Crippen LogP contribution in [0.5, 0.6) is 0 Å². The van der Waals surface area contributed by atoms with Gasteiger partial charge in [0, 0.05) is 26.0 Å². The summed E-state index contributed by atoms with van der Waals surface area (Å²) >= 11 is 1.66. The number of nitrogens with one attached hydrogen (secondary N) is 1. The summed E-state index contributed by atoms with van der Waals surface area (Å²) in [5.41, 5.74) is 1.11. The molecule has 15 heavy (non-hydrogen) atoms. The lowest BCUT2D eigenvalue weighted by Crippen LogP contribution is -1.97. The number of hydrogen-bond donors (Lipinski definition) is 1. The molecule has 5 heteroatoms. The molecule has 4 nitrogen and oxygen atoms in total. The third-order valence-corrected chi connectivity index (χ3v) is 3.08. The Kier molecular flexibility index (Phi) is 3.01. The molecular formula is C10H14N4S. The van der Waals surface area contributed by atoms with Crippen molar-refractivity contribution in [3.05, 3.63) is 18.5 Å². The Hall–Kier alpha value is -1.36. The number of rotatable bonds is 4. The highest BCUT2D eigenvalue weighted by atomic mass is 32.1. The molecule has 0 amide bonds. The van der Waals surface area contributed by atoms with Gasteiger partial charge in [-0.3, -0.25) is 4.68 Å². The second-order valence-electron chi connectivity index (χ2n) is 3.30. The molecule has 0 aliphatic heterocycles. The Balaban J connectivity index is 2.17. The molecule has 2 rings (SSSR count). The zero-order chi connectivity index (χ0) is 10.7. The van der Waals surface area contributed by atoms with Crippen molar-refractivity contribution in [3.8, 4) is 10.6 Å². The average molecular weight is 222 g/mol. The molecule has 2 aromatic rings. The second-order valence-corrected chi connectivity index (χ2v) is 4.33. The maximum absolute atomic E-state index is 4.32. The summed E-state index contributed by atoms with van der Waals surface area (Å²) in [5, 5.41) is 8.39. The van der Waals surface area contributed by atoms with E-state index in [-0.39, 0.29) is 0 Å². The van der Waals surface area contributed by atoms with E-state index in [0.717, 1.165) is 28.7 Å². The van der Waals surface area contributed by atoms with Crippen LogP contribution in [0.25, 0.3) is 10.6 Å². The van der Waals surface area contributed by atoms with Gasteiger partial charge in [0.05, 0.1) is 10.6 Å². The summed E-state index contributed by atoms with van der Waals surface area (Å²) in [4.78, 5) is 5.46. The molecule has 2 heterocycles. The van der Waals surface area contributed by atoms with Crippen LogP contribution in [0.1, 0.15) is 13.3 Å². The maximum Gasteiger partial charge on any atom is 0.183 e. The first-order valence-corrected chi connectivity index (χ1v) is 5.81. The van der Waals surface area contributed by atoms with Gasteiger partial charge in [0.15, 0.2) is 5.13 Å². The SMILES string of the molecule is CCCNc1ncc(-c2ccnn2C)s1. The molecule has 0 spiro atoms. The Labute approximate surface area is 93.0 Å². The molecule has 0 saturated heterocycles. The Morgan fingerprint density at radius 1 is 1.53 bits per heavy atom. The van der Waals surface area contributed by atoms with Crippen LogP contribution in [-0.4, -0.2) is 21.3 Å². The van der Waals surface area contributed by atoms with Crippen molar-refractivity contribution < 1.29 is 0 Å². The number of aryl methyl sites for hydroxylation is 1. The van der Waals surface area contributed by atoms with Crippen LogP contribution in [0.15, 0.2) is 18.5 Å². The molecular weight excluding hydrogens is 208 g/mol. The van der Waals surface area contributed by atoms with E-state index in [2.05, 4.69) is 22.3 Å². The van der Waals surface area contributed by atoms with Crippen molar-refractivity contribution in [1.82, 2.24) is 14.8 Å². The standard InChI is InChI=1S/C10H14N4S/c1-3-5-11-10-12-7-9(15-10)8-4-6-13-14(8)2/h4,6-7H,3,5H2,1-2H3,(H,11,12). The topological polar surface area (TPSA) is 42.7 Å². The first kappa shape index (κ1) is 10.2. The number of thiazole rings is 1. The minimum atomic E-state index is 0.971. The summed E-state index contributed by atoms with van der Waals surface area (Å²) in [6, 6.07) is 2.00. The van der Waals surface area contributed by atoms with Crippen LogP contribution in [0.4, 0.5) is 5.13 Å². The van der Waals surface area contributed by atoms with E-state index in [1.54, 1.807) is 17.5 Å². The average Bonchev–Trinajstić information content (AvgIpc) is 2.83. The number of nitrogens with zero attached hydrogens (tertiary/aromatic N) is 3. The lowest BCUT2D eigenvalue weighted by atomic mass is 10.4. The van der Waals surface area contributed by atoms with Crippen molar-refractivity contribution in [2.24, 2.45) is 7.05 Å². The third kappa shape index (κ3) is 2.18. The van der Waals surface area contributed by atoms with Gasteiger partial charge in [0.1, 0.15) is 0 Å². The molecule has 0 atom stereocenters. The number of anilines is 1. The minimum absolute atomic E-state index is 0.971. The summed E-state index contributed by atoms with van der Waals surface area (Å²) in [7, 11) is 1.94. The fourth-order valence-electron chi connectivity index (χ4n) is 1.32. The number of aromatic nitrogens is 3. The first-order valence-electron chi connectivity index (χ1n) is 4.99. The van der Waals surface area contributed by atoms with Crippen molar-refractivity contribution >= 4 is 16.5 Å². The maximum atomic E-state index is 4.32. The van der Waals surface area contributed by atoms with Crippen LogP contribution >= 0.6 is 11.3 Å². The monoisotopic (exact) mass is 222 g/mol. The van der Waals surface area contributed by atoms with Gasteiger partial charge in [-0.2, -0.15) is 5.10 Å². The normalized spacial score (nSPS) is 10.5. The van der Waals surface area contributed by atoms with Crippen molar-refractivity contribution in [3.63, 3.8) is 0 Å². The zero-order valence-corrected chi connectivity index (χ0v) is 9.71. The van der Waals surface area contributed by atoms with Crippen molar-refractivity contribution in [1.29, 1.82) is 0 Å². The van der Waals surface area contributed by atoms with Gasteiger partial charge in [-0.1, -0.05) is 18.3 Å². The van der Waals surface area contributed by atoms with Crippen LogP contribution in [0.3, 0.4) is 0 Å².